The van der Waals surface area contributed by atoms with Crippen molar-refractivity contribution in [1.29, 1.82) is 0 Å². The molecule has 0 aliphatic carbocycles. The van der Waals surface area contributed by atoms with Crippen LogP contribution in [0.1, 0.15) is 24.0 Å². The highest BCUT2D eigenvalue weighted by Gasteiger charge is 2.07. The first-order valence-corrected chi connectivity index (χ1v) is 12.1. The second-order valence-electron chi connectivity index (χ2n) is 7.65. The number of thioether (sulfide) groups is 1. The van der Waals surface area contributed by atoms with E-state index in [1.807, 2.05) is 60.7 Å². The van der Waals surface area contributed by atoms with Gasteiger partial charge in [-0.15, -0.1) is 0 Å². The summed E-state index contributed by atoms with van der Waals surface area (Å²) in [5.74, 6) is 1.37. The molecule has 0 saturated carbocycles. The van der Waals surface area contributed by atoms with Crippen LogP contribution in [-0.4, -0.2) is 33.3 Å². The number of carbonyl (C=O) groups is 2. The number of pyridine rings is 2. The third kappa shape index (κ3) is 6.29. The van der Waals surface area contributed by atoms with Gasteiger partial charge in [-0.1, -0.05) is 48.5 Å². The van der Waals surface area contributed by atoms with Crippen LogP contribution in [0.2, 0.25) is 0 Å². The van der Waals surface area contributed by atoms with Crippen LogP contribution in [0.15, 0.2) is 73.1 Å². The Hall–Kier alpha value is -3.45. The zero-order valence-corrected chi connectivity index (χ0v) is 19.1. The van der Waals surface area contributed by atoms with Gasteiger partial charge in [0.15, 0.2) is 0 Å². The summed E-state index contributed by atoms with van der Waals surface area (Å²) in [7, 11) is 0. The van der Waals surface area contributed by atoms with Gasteiger partial charge in [0.1, 0.15) is 0 Å². The molecular formula is C26H26N4O2S. The monoisotopic (exact) mass is 458 g/mol. The quantitative estimate of drug-likeness (QED) is 0.348. The van der Waals surface area contributed by atoms with E-state index in [0.717, 1.165) is 32.9 Å². The van der Waals surface area contributed by atoms with Gasteiger partial charge in [-0.05, 0) is 23.3 Å². The summed E-state index contributed by atoms with van der Waals surface area (Å²) in [5, 5.41) is 8.06. The average Bonchev–Trinajstić information content (AvgIpc) is 2.86. The molecule has 0 fully saturated rings. The maximum absolute atomic E-state index is 12.2. The largest absolute Gasteiger partial charge is 0.352 e. The second kappa shape index (κ2) is 11.4. The summed E-state index contributed by atoms with van der Waals surface area (Å²) < 4.78 is 0. The van der Waals surface area contributed by atoms with Crippen molar-refractivity contribution < 1.29 is 9.59 Å². The zero-order valence-electron chi connectivity index (χ0n) is 18.3. The normalized spacial score (nSPS) is 10.9. The number of amides is 2. The summed E-state index contributed by atoms with van der Waals surface area (Å²) in [6, 6.07) is 19.8. The van der Waals surface area contributed by atoms with Crippen molar-refractivity contribution in [2.24, 2.45) is 0 Å². The van der Waals surface area contributed by atoms with Crippen LogP contribution in [0.4, 0.5) is 0 Å². The third-order valence-corrected chi connectivity index (χ3v) is 6.32. The highest BCUT2D eigenvalue weighted by Crippen LogP contribution is 2.17. The fourth-order valence-corrected chi connectivity index (χ4v) is 4.48. The van der Waals surface area contributed by atoms with Crippen LogP contribution in [0, 0.1) is 0 Å². The zero-order chi connectivity index (χ0) is 22.9. The Morgan fingerprint density at radius 2 is 1.12 bits per heavy atom. The molecule has 0 atom stereocenters. The van der Waals surface area contributed by atoms with E-state index in [2.05, 4.69) is 20.6 Å². The van der Waals surface area contributed by atoms with Gasteiger partial charge in [-0.25, -0.2) is 0 Å². The van der Waals surface area contributed by atoms with Crippen LogP contribution in [0.25, 0.3) is 21.8 Å². The minimum absolute atomic E-state index is 0.00309. The van der Waals surface area contributed by atoms with Crippen molar-refractivity contribution in [3.63, 3.8) is 0 Å². The number of rotatable bonds is 10. The van der Waals surface area contributed by atoms with Gasteiger partial charge >= 0.3 is 0 Å². The summed E-state index contributed by atoms with van der Waals surface area (Å²) >= 11 is 1.61. The number of fused-ring (bicyclic) bond motifs is 2. The summed E-state index contributed by atoms with van der Waals surface area (Å²) in [6.45, 7) is 0.923. The van der Waals surface area contributed by atoms with Crippen LogP contribution in [-0.2, 0) is 22.7 Å². The van der Waals surface area contributed by atoms with Crippen molar-refractivity contribution in [2.45, 2.75) is 25.9 Å². The molecular weight excluding hydrogens is 432 g/mol. The first-order chi connectivity index (χ1) is 16.2. The molecule has 0 bridgehead atoms. The molecule has 2 N–H and O–H groups in total. The van der Waals surface area contributed by atoms with Crippen molar-refractivity contribution in [3.8, 4) is 0 Å². The van der Waals surface area contributed by atoms with Gasteiger partial charge in [0.2, 0.25) is 11.8 Å². The number of nitrogens with one attached hydrogen (secondary N) is 2. The number of hydrogen-bond acceptors (Lipinski definition) is 5. The van der Waals surface area contributed by atoms with E-state index in [1.54, 1.807) is 24.2 Å². The first kappa shape index (κ1) is 22.7. The maximum Gasteiger partial charge on any atom is 0.221 e. The fourth-order valence-electron chi connectivity index (χ4n) is 3.62. The second-order valence-corrected chi connectivity index (χ2v) is 8.88. The number of nitrogens with zero attached hydrogens (tertiary/aromatic N) is 2. The summed E-state index contributed by atoms with van der Waals surface area (Å²) in [6.07, 6.45) is 4.37. The smallest absolute Gasteiger partial charge is 0.221 e. The topological polar surface area (TPSA) is 84.0 Å². The maximum atomic E-state index is 12.2. The lowest BCUT2D eigenvalue weighted by atomic mass is 10.1. The van der Waals surface area contributed by atoms with Crippen molar-refractivity contribution in [1.82, 2.24) is 20.6 Å². The van der Waals surface area contributed by atoms with Crippen molar-refractivity contribution >= 4 is 45.4 Å². The molecule has 2 aromatic heterocycles. The lowest BCUT2D eigenvalue weighted by Gasteiger charge is -2.09. The Balaban J connectivity index is 1.12. The predicted octanol–water partition coefficient (Wildman–Crippen LogP) is 4.23. The van der Waals surface area contributed by atoms with Gasteiger partial charge in [-0.2, -0.15) is 11.8 Å². The predicted molar refractivity (Wildman–Crippen MR) is 134 cm³/mol. The Labute approximate surface area is 197 Å². The number of aromatic nitrogens is 2. The number of para-hydroxylation sites is 2. The number of carbonyl (C=O) groups excluding carboxylic acids is 2. The van der Waals surface area contributed by atoms with Gasteiger partial charge in [0.05, 0.1) is 11.0 Å². The van der Waals surface area contributed by atoms with E-state index >= 15 is 0 Å². The summed E-state index contributed by atoms with van der Waals surface area (Å²) in [5.41, 5.74) is 3.85. The standard InChI is InChI=1S/C26H26N4O2S/c31-23(29-17-21-7-1-5-19-9-3-13-27-25(19)21)11-15-33-16-12-24(32)30-18-22-8-2-6-20-10-4-14-28-26(20)22/h1-10,13-14H,11-12,15-18H2,(H,29,31)(H,30,32). The molecule has 2 aromatic carbocycles. The SMILES string of the molecule is O=C(CCSCCC(=O)NCc1cccc2cccnc12)NCc1cccc2cccnc12. The van der Waals surface area contributed by atoms with Gasteiger partial charge < -0.3 is 10.6 Å². The Kier molecular flexibility index (Phi) is 7.87. The number of benzene rings is 2. The van der Waals surface area contributed by atoms with E-state index in [1.165, 1.54) is 0 Å². The lowest BCUT2D eigenvalue weighted by Crippen LogP contribution is -2.24. The Bertz CT molecular complexity index is 1150. The van der Waals surface area contributed by atoms with E-state index < -0.39 is 0 Å². The highest BCUT2D eigenvalue weighted by molar-refractivity contribution is 7.99. The molecule has 2 heterocycles. The van der Waals surface area contributed by atoms with Gasteiger partial charge in [0.25, 0.3) is 0 Å². The third-order valence-electron chi connectivity index (χ3n) is 5.33. The van der Waals surface area contributed by atoms with Crippen LogP contribution in [0.3, 0.4) is 0 Å². The molecule has 0 aliphatic rings. The minimum atomic E-state index is 0.00309. The van der Waals surface area contributed by atoms with Crippen LogP contribution < -0.4 is 10.6 Å². The van der Waals surface area contributed by atoms with E-state index in [4.69, 9.17) is 0 Å². The van der Waals surface area contributed by atoms with Gasteiger partial charge in [0, 0.05) is 60.6 Å². The fraction of sp³-hybridized carbons (Fsp3) is 0.231. The van der Waals surface area contributed by atoms with Crippen LogP contribution >= 0.6 is 11.8 Å². The molecule has 4 aromatic rings. The molecule has 7 heteroatoms. The van der Waals surface area contributed by atoms with Crippen LogP contribution in [0.5, 0.6) is 0 Å². The number of hydrogen-bond donors (Lipinski definition) is 2. The van der Waals surface area contributed by atoms with E-state index in [9.17, 15) is 9.59 Å². The van der Waals surface area contributed by atoms with Crippen molar-refractivity contribution in [2.75, 3.05) is 11.5 Å². The molecule has 33 heavy (non-hydrogen) atoms. The Morgan fingerprint density at radius 3 is 1.61 bits per heavy atom. The van der Waals surface area contributed by atoms with E-state index in [0.29, 0.717) is 37.4 Å². The molecule has 0 aliphatic heterocycles. The molecule has 2 amide bonds. The lowest BCUT2D eigenvalue weighted by molar-refractivity contribution is -0.121. The highest BCUT2D eigenvalue weighted by atomic mass is 32.2. The van der Waals surface area contributed by atoms with Crippen molar-refractivity contribution in [3.05, 3.63) is 84.2 Å². The molecule has 0 spiro atoms. The minimum Gasteiger partial charge on any atom is -0.352 e. The van der Waals surface area contributed by atoms with E-state index in [-0.39, 0.29) is 11.8 Å². The first-order valence-electron chi connectivity index (χ1n) is 11.0. The molecule has 6 nitrogen and oxygen atoms in total. The van der Waals surface area contributed by atoms with Gasteiger partial charge in [-0.3, -0.25) is 19.6 Å². The summed E-state index contributed by atoms with van der Waals surface area (Å²) in [4.78, 5) is 33.2. The molecule has 0 saturated heterocycles. The average molecular weight is 459 g/mol. The molecule has 4 rings (SSSR count). The molecule has 0 unspecified atom stereocenters. The molecule has 0 radical (unpaired) electrons. The molecule has 168 valence electrons. The Morgan fingerprint density at radius 1 is 0.667 bits per heavy atom.